The van der Waals surface area contributed by atoms with E-state index in [1.54, 1.807) is 6.07 Å². The molecule has 1 amide bonds. The van der Waals surface area contributed by atoms with Crippen molar-refractivity contribution >= 4 is 17.3 Å². The summed E-state index contributed by atoms with van der Waals surface area (Å²) in [6, 6.07) is 4.72. The number of carbonyl (C=O) groups is 1. The molecule has 114 valence electrons. The Bertz CT molecular complexity index is 561. The summed E-state index contributed by atoms with van der Waals surface area (Å²) < 4.78 is 0. The number of nitro benzene ring substituents is 1. The fourth-order valence-corrected chi connectivity index (χ4v) is 3.00. The molecule has 1 aromatic carbocycles. The number of nitro groups is 1. The molecule has 7 heteroatoms. The van der Waals surface area contributed by atoms with Gasteiger partial charge in [-0.2, -0.15) is 0 Å². The van der Waals surface area contributed by atoms with E-state index >= 15 is 0 Å². The molecule has 1 fully saturated rings. The number of hydrogen-bond acceptors (Lipinski definition) is 5. The average Bonchev–Trinajstić information content (AvgIpc) is 2.86. The van der Waals surface area contributed by atoms with E-state index in [0.717, 1.165) is 19.3 Å². The standard InChI is InChI=1S/C14H20N4O3/c1-3-10-8-7-9(2)17(10)14(19)11-5-4-6-12(18(20)21)13(11)16-15/h4-6,9-10,16H,3,7-8,15H2,1-2H3. The molecule has 1 heterocycles. The van der Waals surface area contributed by atoms with Crippen molar-refractivity contribution in [3.63, 3.8) is 0 Å². The minimum Gasteiger partial charge on any atom is -0.333 e. The van der Waals surface area contributed by atoms with Gasteiger partial charge >= 0.3 is 0 Å². The highest BCUT2D eigenvalue weighted by molar-refractivity contribution is 6.02. The van der Waals surface area contributed by atoms with Gasteiger partial charge in [-0.1, -0.05) is 13.0 Å². The first-order valence-electron chi connectivity index (χ1n) is 7.07. The van der Waals surface area contributed by atoms with Crippen LogP contribution in [0.4, 0.5) is 11.4 Å². The van der Waals surface area contributed by atoms with Crippen molar-refractivity contribution in [2.24, 2.45) is 5.84 Å². The summed E-state index contributed by atoms with van der Waals surface area (Å²) in [6.45, 7) is 4.04. The van der Waals surface area contributed by atoms with Gasteiger partial charge in [-0.25, -0.2) is 0 Å². The number of benzene rings is 1. The van der Waals surface area contributed by atoms with E-state index in [9.17, 15) is 14.9 Å². The van der Waals surface area contributed by atoms with E-state index in [0.29, 0.717) is 0 Å². The highest BCUT2D eigenvalue weighted by Gasteiger charge is 2.35. The van der Waals surface area contributed by atoms with Gasteiger partial charge in [-0.05, 0) is 32.3 Å². The second kappa shape index (κ2) is 6.09. The molecule has 2 rings (SSSR count). The van der Waals surface area contributed by atoms with Crippen LogP contribution in [0.15, 0.2) is 18.2 Å². The Morgan fingerprint density at radius 1 is 1.52 bits per heavy atom. The minimum atomic E-state index is -0.545. The number of nitrogens with zero attached hydrogens (tertiary/aromatic N) is 2. The van der Waals surface area contributed by atoms with Crippen molar-refractivity contribution in [1.82, 2.24) is 4.90 Å². The van der Waals surface area contributed by atoms with Gasteiger partial charge in [0.15, 0.2) is 0 Å². The number of amides is 1. The lowest BCUT2D eigenvalue weighted by atomic mass is 10.1. The Morgan fingerprint density at radius 2 is 2.24 bits per heavy atom. The first kappa shape index (κ1) is 15.2. The Labute approximate surface area is 123 Å². The molecule has 0 saturated carbocycles. The molecule has 1 aliphatic rings. The van der Waals surface area contributed by atoms with Gasteiger partial charge in [0.25, 0.3) is 11.6 Å². The van der Waals surface area contributed by atoms with Crippen molar-refractivity contribution in [3.05, 3.63) is 33.9 Å². The number of hydrogen-bond donors (Lipinski definition) is 2. The Balaban J connectivity index is 2.44. The third-order valence-corrected chi connectivity index (χ3v) is 4.11. The van der Waals surface area contributed by atoms with Crippen LogP contribution >= 0.6 is 0 Å². The summed E-state index contributed by atoms with van der Waals surface area (Å²) in [4.78, 5) is 25.1. The highest BCUT2D eigenvalue weighted by atomic mass is 16.6. The molecule has 0 aromatic heterocycles. The van der Waals surface area contributed by atoms with Crippen molar-refractivity contribution in [2.75, 3.05) is 5.43 Å². The maximum Gasteiger partial charge on any atom is 0.294 e. The summed E-state index contributed by atoms with van der Waals surface area (Å²) in [5.74, 6) is 5.20. The largest absolute Gasteiger partial charge is 0.333 e. The Morgan fingerprint density at radius 3 is 2.81 bits per heavy atom. The van der Waals surface area contributed by atoms with Crippen LogP contribution in [0.1, 0.15) is 43.5 Å². The zero-order valence-electron chi connectivity index (χ0n) is 12.2. The smallest absolute Gasteiger partial charge is 0.294 e. The number of anilines is 1. The predicted octanol–water partition coefficient (Wildman–Crippen LogP) is 2.28. The minimum absolute atomic E-state index is 0.0708. The number of nitrogens with one attached hydrogen (secondary N) is 1. The van der Waals surface area contributed by atoms with Crippen molar-refractivity contribution in [2.45, 2.75) is 45.2 Å². The number of hydrazine groups is 1. The van der Waals surface area contributed by atoms with Crippen LogP contribution in [0.5, 0.6) is 0 Å². The fraction of sp³-hybridized carbons (Fsp3) is 0.500. The summed E-state index contributed by atoms with van der Waals surface area (Å²) in [5.41, 5.74) is 2.44. The normalized spacial score (nSPS) is 21.4. The molecule has 0 spiro atoms. The van der Waals surface area contributed by atoms with E-state index in [1.807, 2.05) is 18.7 Å². The second-order valence-corrected chi connectivity index (χ2v) is 5.30. The van der Waals surface area contributed by atoms with Gasteiger partial charge in [0.2, 0.25) is 0 Å². The van der Waals surface area contributed by atoms with Crippen LogP contribution in [0, 0.1) is 10.1 Å². The topological polar surface area (TPSA) is 102 Å². The molecule has 2 atom stereocenters. The summed E-state index contributed by atoms with van der Waals surface area (Å²) in [7, 11) is 0. The van der Waals surface area contributed by atoms with Crippen molar-refractivity contribution in [1.29, 1.82) is 0 Å². The number of rotatable bonds is 4. The lowest BCUT2D eigenvalue weighted by Crippen LogP contribution is -2.40. The number of likely N-dealkylation sites (tertiary alicyclic amines) is 1. The molecule has 1 aliphatic heterocycles. The maximum absolute atomic E-state index is 12.8. The number of para-hydroxylation sites is 1. The van der Waals surface area contributed by atoms with E-state index in [-0.39, 0.29) is 34.9 Å². The van der Waals surface area contributed by atoms with Crippen molar-refractivity contribution < 1.29 is 9.72 Å². The zero-order valence-corrected chi connectivity index (χ0v) is 12.2. The SMILES string of the molecule is CCC1CCC(C)N1C(=O)c1cccc([N+](=O)[O-])c1NN. The summed E-state index contributed by atoms with van der Waals surface area (Å²) in [5, 5.41) is 11.0. The average molecular weight is 292 g/mol. The fourth-order valence-electron chi connectivity index (χ4n) is 3.00. The van der Waals surface area contributed by atoms with Crippen LogP contribution in [0.3, 0.4) is 0 Å². The van der Waals surface area contributed by atoms with Gasteiger partial charge in [-0.15, -0.1) is 0 Å². The van der Waals surface area contributed by atoms with E-state index in [1.165, 1.54) is 12.1 Å². The van der Waals surface area contributed by atoms with Gasteiger partial charge < -0.3 is 10.3 Å². The third kappa shape index (κ3) is 2.69. The zero-order chi connectivity index (χ0) is 15.6. The molecular formula is C14H20N4O3. The van der Waals surface area contributed by atoms with Crippen molar-refractivity contribution in [3.8, 4) is 0 Å². The number of nitrogens with two attached hydrogens (primary N) is 1. The van der Waals surface area contributed by atoms with E-state index in [2.05, 4.69) is 5.43 Å². The molecule has 0 aliphatic carbocycles. The molecule has 1 aromatic rings. The van der Waals surface area contributed by atoms with Crippen LogP contribution < -0.4 is 11.3 Å². The van der Waals surface area contributed by atoms with Crippen LogP contribution in [-0.2, 0) is 0 Å². The first-order valence-corrected chi connectivity index (χ1v) is 7.07. The lowest BCUT2D eigenvalue weighted by molar-refractivity contribution is -0.384. The van der Waals surface area contributed by atoms with Crippen LogP contribution in [0.25, 0.3) is 0 Å². The molecular weight excluding hydrogens is 272 g/mol. The van der Waals surface area contributed by atoms with E-state index < -0.39 is 4.92 Å². The van der Waals surface area contributed by atoms with Crippen LogP contribution in [-0.4, -0.2) is 27.8 Å². The number of carbonyl (C=O) groups excluding carboxylic acids is 1. The molecule has 0 bridgehead atoms. The second-order valence-electron chi connectivity index (χ2n) is 5.30. The molecule has 2 unspecified atom stereocenters. The summed E-state index contributed by atoms with van der Waals surface area (Å²) >= 11 is 0. The molecule has 1 saturated heterocycles. The molecule has 3 N–H and O–H groups in total. The highest BCUT2D eigenvalue weighted by Crippen LogP contribution is 2.33. The lowest BCUT2D eigenvalue weighted by Gasteiger charge is -2.28. The summed E-state index contributed by atoms with van der Waals surface area (Å²) in [6.07, 6.45) is 2.78. The molecule has 7 nitrogen and oxygen atoms in total. The van der Waals surface area contributed by atoms with Gasteiger partial charge in [0, 0.05) is 18.2 Å². The molecule has 0 radical (unpaired) electrons. The Kier molecular flexibility index (Phi) is 4.42. The first-order chi connectivity index (χ1) is 10.0. The predicted molar refractivity (Wildman–Crippen MR) is 79.9 cm³/mol. The molecule has 21 heavy (non-hydrogen) atoms. The number of nitrogen functional groups attached to an aromatic ring is 1. The van der Waals surface area contributed by atoms with Gasteiger partial charge in [0.1, 0.15) is 5.69 Å². The monoisotopic (exact) mass is 292 g/mol. The Hall–Kier alpha value is -2.15. The quantitative estimate of drug-likeness (QED) is 0.503. The van der Waals surface area contributed by atoms with Gasteiger partial charge in [0.05, 0.1) is 10.5 Å². The van der Waals surface area contributed by atoms with E-state index in [4.69, 9.17) is 5.84 Å². The third-order valence-electron chi connectivity index (χ3n) is 4.11. The van der Waals surface area contributed by atoms with Gasteiger partial charge in [-0.3, -0.25) is 20.8 Å². The maximum atomic E-state index is 12.8. The van der Waals surface area contributed by atoms with Crippen LogP contribution in [0.2, 0.25) is 0 Å².